The Morgan fingerprint density at radius 2 is 1.76 bits per heavy atom. The Hall–Kier alpha value is -0.790. The number of hydrogen-bond donors (Lipinski definition) is 1. The number of hydrogen-bond acceptors (Lipinski definition) is 2. The molecule has 0 aliphatic heterocycles. The second-order valence-electron chi connectivity index (χ2n) is 5.42. The van der Waals surface area contributed by atoms with E-state index in [2.05, 4.69) is 4.72 Å². The summed E-state index contributed by atoms with van der Waals surface area (Å²) in [6.45, 7) is 3.58. The smallest absolute Gasteiger partial charge is 0.211 e. The minimum atomic E-state index is -4.73. The van der Waals surface area contributed by atoms with Crippen LogP contribution in [0.3, 0.4) is 0 Å². The van der Waals surface area contributed by atoms with Crippen molar-refractivity contribution in [3.63, 3.8) is 0 Å². The van der Waals surface area contributed by atoms with Crippen molar-refractivity contribution in [2.24, 2.45) is 5.41 Å². The van der Waals surface area contributed by atoms with Gasteiger partial charge in [-0.1, -0.05) is 26.0 Å². The SMILES string of the molecule is CC(C)(CCCl)CNS(=O)(=O)c1ccccc1C(F)(F)F. The van der Waals surface area contributed by atoms with E-state index in [1.165, 1.54) is 6.07 Å². The fraction of sp³-hybridized carbons (Fsp3) is 0.538. The van der Waals surface area contributed by atoms with Crippen LogP contribution < -0.4 is 4.72 Å². The molecule has 0 bridgehead atoms. The van der Waals surface area contributed by atoms with Crippen LogP contribution in [0.4, 0.5) is 13.2 Å². The van der Waals surface area contributed by atoms with Gasteiger partial charge in [-0.3, -0.25) is 0 Å². The lowest BCUT2D eigenvalue weighted by molar-refractivity contribution is -0.139. The molecule has 1 rings (SSSR count). The van der Waals surface area contributed by atoms with Crippen molar-refractivity contribution >= 4 is 21.6 Å². The van der Waals surface area contributed by atoms with Crippen LogP contribution in [0, 0.1) is 5.41 Å². The van der Waals surface area contributed by atoms with E-state index < -0.39 is 32.1 Å². The van der Waals surface area contributed by atoms with E-state index in [-0.39, 0.29) is 6.54 Å². The maximum absolute atomic E-state index is 12.9. The minimum absolute atomic E-state index is 0.00818. The van der Waals surface area contributed by atoms with E-state index in [1.807, 2.05) is 0 Å². The van der Waals surface area contributed by atoms with Gasteiger partial charge < -0.3 is 0 Å². The maximum Gasteiger partial charge on any atom is 0.417 e. The zero-order chi connectivity index (χ0) is 16.3. The summed E-state index contributed by atoms with van der Waals surface area (Å²) in [5.74, 6) is 0.341. The molecule has 0 amide bonds. The highest BCUT2D eigenvalue weighted by molar-refractivity contribution is 7.89. The molecule has 0 heterocycles. The molecule has 120 valence electrons. The van der Waals surface area contributed by atoms with Crippen LogP contribution in [0.25, 0.3) is 0 Å². The number of nitrogens with one attached hydrogen (secondary N) is 1. The number of alkyl halides is 4. The fourth-order valence-corrected chi connectivity index (χ4v) is 3.63. The molecule has 0 aliphatic rings. The van der Waals surface area contributed by atoms with Gasteiger partial charge in [0.05, 0.1) is 10.5 Å². The number of rotatable bonds is 6. The predicted octanol–water partition coefficient (Wildman–Crippen LogP) is 3.64. The van der Waals surface area contributed by atoms with Crippen LogP contribution >= 0.6 is 11.6 Å². The summed E-state index contributed by atoms with van der Waals surface area (Å²) in [7, 11) is -4.24. The summed E-state index contributed by atoms with van der Waals surface area (Å²) in [5.41, 5.74) is -1.62. The first-order valence-corrected chi connectivity index (χ1v) is 8.23. The lowest BCUT2D eigenvalue weighted by Gasteiger charge is -2.24. The Morgan fingerprint density at radius 3 is 2.29 bits per heavy atom. The van der Waals surface area contributed by atoms with Gasteiger partial charge in [0.1, 0.15) is 0 Å². The second kappa shape index (κ2) is 6.54. The molecule has 1 aromatic carbocycles. The van der Waals surface area contributed by atoms with Gasteiger partial charge in [-0.25, -0.2) is 13.1 Å². The van der Waals surface area contributed by atoms with Crippen molar-refractivity contribution in [2.45, 2.75) is 31.3 Å². The van der Waals surface area contributed by atoms with E-state index >= 15 is 0 Å². The molecule has 0 atom stereocenters. The van der Waals surface area contributed by atoms with Gasteiger partial charge in [0.25, 0.3) is 0 Å². The normalized spacial score (nSPS) is 13.4. The van der Waals surface area contributed by atoms with Gasteiger partial charge in [-0.05, 0) is 24.0 Å². The minimum Gasteiger partial charge on any atom is -0.211 e. The first kappa shape index (κ1) is 18.3. The molecular weight excluding hydrogens is 327 g/mol. The second-order valence-corrected chi connectivity index (χ2v) is 7.54. The predicted molar refractivity (Wildman–Crippen MR) is 75.8 cm³/mol. The van der Waals surface area contributed by atoms with E-state index in [0.717, 1.165) is 18.2 Å². The Labute approximate surface area is 127 Å². The van der Waals surface area contributed by atoms with Crippen LogP contribution in [0.15, 0.2) is 29.2 Å². The first-order chi connectivity index (χ1) is 9.49. The number of sulfonamides is 1. The molecule has 0 aromatic heterocycles. The molecular formula is C13H17ClF3NO2S. The van der Waals surface area contributed by atoms with E-state index in [4.69, 9.17) is 11.6 Å². The van der Waals surface area contributed by atoms with Crippen LogP contribution in [0.5, 0.6) is 0 Å². The van der Waals surface area contributed by atoms with Gasteiger partial charge in [0.15, 0.2) is 0 Å². The highest BCUT2D eigenvalue weighted by Gasteiger charge is 2.37. The third kappa shape index (κ3) is 5.16. The van der Waals surface area contributed by atoms with Gasteiger partial charge in [-0.2, -0.15) is 13.2 Å². The zero-order valence-corrected chi connectivity index (χ0v) is 13.2. The molecule has 0 aliphatic carbocycles. The molecule has 21 heavy (non-hydrogen) atoms. The average molecular weight is 344 g/mol. The van der Waals surface area contributed by atoms with Gasteiger partial charge in [0, 0.05) is 12.4 Å². The molecule has 0 unspecified atom stereocenters. The van der Waals surface area contributed by atoms with Crippen LogP contribution in [-0.2, 0) is 16.2 Å². The quantitative estimate of drug-likeness (QED) is 0.802. The third-order valence-electron chi connectivity index (χ3n) is 2.99. The zero-order valence-electron chi connectivity index (χ0n) is 11.7. The van der Waals surface area contributed by atoms with Crippen molar-refractivity contribution in [1.29, 1.82) is 0 Å². The fourth-order valence-electron chi connectivity index (χ4n) is 1.65. The van der Waals surface area contributed by atoms with E-state index in [0.29, 0.717) is 12.3 Å². The monoisotopic (exact) mass is 343 g/mol. The molecule has 8 heteroatoms. The van der Waals surface area contributed by atoms with Gasteiger partial charge >= 0.3 is 6.18 Å². The molecule has 3 nitrogen and oxygen atoms in total. The molecule has 0 saturated heterocycles. The summed E-state index contributed by atoms with van der Waals surface area (Å²) < 4.78 is 65.0. The topological polar surface area (TPSA) is 46.2 Å². The first-order valence-electron chi connectivity index (χ1n) is 6.21. The summed E-state index contributed by atoms with van der Waals surface area (Å²) in [4.78, 5) is -0.765. The highest BCUT2D eigenvalue weighted by atomic mass is 35.5. The lowest BCUT2D eigenvalue weighted by atomic mass is 9.91. The molecule has 0 radical (unpaired) electrons. The van der Waals surface area contributed by atoms with Crippen molar-refractivity contribution < 1.29 is 21.6 Å². The summed E-state index contributed by atoms with van der Waals surface area (Å²) in [6, 6.07) is 4.10. The standard InChI is InChI=1S/C13H17ClF3NO2S/c1-12(2,7-8-14)9-18-21(19,20)11-6-4-3-5-10(11)13(15,16)17/h3-6,18H,7-9H2,1-2H3. The number of halogens is 4. The molecule has 0 fully saturated rings. The maximum atomic E-state index is 12.9. The molecule has 0 spiro atoms. The third-order valence-corrected chi connectivity index (χ3v) is 4.64. The molecule has 1 N–H and O–H groups in total. The van der Waals surface area contributed by atoms with Gasteiger partial charge in [-0.15, -0.1) is 11.6 Å². The van der Waals surface area contributed by atoms with Crippen molar-refractivity contribution in [1.82, 2.24) is 4.72 Å². The Kier molecular flexibility index (Phi) is 5.69. The summed E-state index contributed by atoms with van der Waals surface area (Å²) >= 11 is 5.61. The summed E-state index contributed by atoms with van der Waals surface area (Å²) in [5, 5.41) is 0. The van der Waals surface area contributed by atoms with Crippen molar-refractivity contribution in [3.8, 4) is 0 Å². The Bertz CT molecular complexity index is 585. The van der Waals surface area contributed by atoms with E-state index in [1.54, 1.807) is 13.8 Å². The number of benzene rings is 1. The Balaban J connectivity index is 3.05. The Morgan fingerprint density at radius 1 is 1.19 bits per heavy atom. The molecule has 1 aromatic rings. The van der Waals surface area contributed by atoms with Gasteiger partial charge in [0.2, 0.25) is 10.0 Å². The largest absolute Gasteiger partial charge is 0.417 e. The summed E-state index contributed by atoms with van der Waals surface area (Å²) in [6.07, 6.45) is -4.19. The lowest BCUT2D eigenvalue weighted by Crippen LogP contribution is -2.35. The van der Waals surface area contributed by atoms with Crippen LogP contribution in [0.2, 0.25) is 0 Å². The van der Waals surface area contributed by atoms with Crippen molar-refractivity contribution in [2.75, 3.05) is 12.4 Å². The van der Waals surface area contributed by atoms with E-state index in [9.17, 15) is 21.6 Å². The average Bonchev–Trinajstić information content (AvgIpc) is 2.36. The van der Waals surface area contributed by atoms with Crippen molar-refractivity contribution in [3.05, 3.63) is 29.8 Å². The van der Waals surface area contributed by atoms with Crippen LogP contribution in [-0.4, -0.2) is 20.8 Å². The van der Waals surface area contributed by atoms with Crippen LogP contribution in [0.1, 0.15) is 25.8 Å². The highest BCUT2D eigenvalue weighted by Crippen LogP contribution is 2.34. The molecule has 0 saturated carbocycles.